The second-order valence-corrected chi connectivity index (χ2v) is 15.8. The molecule has 48 heavy (non-hydrogen) atoms. The number of hydrogen-bond acceptors (Lipinski definition) is 3. The van der Waals surface area contributed by atoms with Gasteiger partial charge in [0.1, 0.15) is 0 Å². The van der Waals surface area contributed by atoms with Crippen LogP contribution in [-0.4, -0.2) is 14.4 Å². The Bertz CT molecular complexity index is 2550. The minimum absolute atomic E-state index is 0. The summed E-state index contributed by atoms with van der Waals surface area (Å²) in [5, 5.41) is 6.25. The smallest absolute Gasteiger partial charge is 0.0625 e. The Morgan fingerprint density at radius 3 is 2.31 bits per heavy atom. The van der Waals surface area contributed by atoms with Gasteiger partial charge < -0.3 is 14.4 Å². The zero-order chi connectivity index (χ0) is 32.5. The van der Waals surface area contributed by atoms with Crippen molar-refractivity contribution in [1.29, 1.82) is 0 Å². The number of fused-ring (bicyclic) bond motifs is 7. The predicted octanol–water partition coefficient (Wildman–Crippen LogP) is 11.8. The van der Waals surface area contributed by atoms with E-state index in [-0.39, 0.29) is 30.9 Å². The molecule has 0 N–H and O–H groups in total. The van der Waals surface area contributed by atoms with Crippen molar-refractivity contribution in [1.82, 2.24) is 14.4 Å². The fraction of sp³-hybridized carbons (Fsp3) is 0.209. The number of nitrogens with zero attached hydrogens (tertiary/aromatic N) is 3. The molecule has 3 nitrogen and oxygen atoms in total. The van der Waals surface area contributed by atoms with Crippen molar-refractivity contribution in [3.05, 3.63) is 127 Å². The van der Waals surface area contributed by atoms with Crippen molar-refractivity contribution in [2.24, 2.45) is 5.41 Å². The Morgan fingerprint density at radius 2 is 1.58 bits per heavy atom. The topological polar surface area (TPSA) is 30.2 Å². The van der Waals surface area contributed by atoms with Crippen LogP contribution in [0.15, 0.2) is 103 Å². The Hall–Kier alpha value is -4.15. The van der Waals surface area contributed by atoms with E-state index in [9.17, 15) is 0 Å². The molecule has 0 aliphatic rings. The number of pyridine rings is 3. The maximum atomic E-state index is 4.84. The van der Waals surface area contributed by atoms with Gasteiger partial charge >= 0.3 is 0 Å². The molecule has 9 rings (SSSR count). The summed E-state index contributed by atoms with van der Waals surface area (Å²) in [4.78, 5) is 9.33. The summed E-state index contributed by atoms with van der Waals surface area (Å²) in [7, 11) is 0. The van der Waals surface area contributed by atoms with Crippen LogP contribution in [0.1, 0.15) is 52.7 Å². The third kappa shape index (κ3) is 5.58. The first kappa shape index (κ1) is 32.4. The molecule has 5 aromatic heterocycles. The van der Waals surface area contributed by atoms with Crippen LogP contribution < -0.4 is 0 Å². The SMILES string of the molecule is CC(C)(C)Cc1cc2ccnc3c4[c-]ccc5c6sc7ccccc7c6n(c(c1)c23)c45.CC(C)(C)c1ccc(-c2[c-]cccc2)nc1.[Ir]. The van der Waals surface area contributed by atoms with Gasteiger partial charge in [-0.25, -0.2) is 0 Å². The third-order valence-electron chi connectivity index (χ3n) is 8.96. The van der Waals surface area contributed by atoms with E-state index in [1.165, 1.54) is 58.6 Å². The first-order valence-corrected chi connectivity index (χ1v) is 17.1. The molecular weight excluding hydrogens is 783 g/mol. The molecule has 5 heteroatoms. The van der Waals surface area contributed by atoms with Crippen molar-refractivity contribution in [3.8, 4) is 11.3 Å². The van der Waals surface area contributed by atoms with E-state index in [0.717, 1.165) is 28.6 Å². The molecule has 1 radical (unpaired) electrons. The summed E-state index contributed by atoms with van der Waals surface area (Å²) in [6, 6.07) is 38.8. The zero-order valence-electron chi connectivity index (χ0n) is 28.1. The Kier molecular flexibility index (Phi) is 8.15. The maximum absolute atomic E-state index is 4.84. The molecular formula is C43H37IrN3S-2. The Balaban J connectivity index is 0.000000183. The summed E-state index contributed by atoms with van der Waals surface area (Å²) < 4.78 is 5.19. The molecule has 0 aliphatic heterocycles. The van der Waals surface area contributed by atoms with Crippen LogP contribution >= 0.6 is 11.3 Å². The van der Waals surface area contributed by atoms with Gasteiger partial charge in [-0.05, 0) is 74.1 Å². The average Bonchev–Trinajstić information content (AvgIpc) is 3.59. The zero-order valence-corrected chi connectivity index (χ0v) is 31.3. The first-order chi connectivity index (χ1) is 22.6. The van der Waals surface area contributed by atoms with Gasteiger partial charge in [0.25, 0.3) is 0 Å². The molecule has 0 unspecified atom stereocenters. The predicted molar refractivity (Wildman–Crippen MR) is 201 cm³/mol. The van der Waals surface area contributed by atoms with Gasteiger partial charge in [0.2, 0.25) is 0 Å². The molecule has 0 saturated carbocycles. The molecule has 0 amide bonds. The average molecular weight is 820 g/mol. The summed E-state index contributed by atoms with van der Waals surface area (Å²) in [6.45, 7) is 13.5. The quantitative estimate of drug-likeness (QED) is 0.0988. The molecule has 0 spiro atoms. The standard InChI is InChI=1S/C28H21N2S.C15H16N.Ir/c1-28(2,3)15-16-13-17-11-12-29-24-19-8-6-9-20-25(19)30(21(14-16)23(17)24)26-18-7-4-5-10-22(18)31-27(20)26;1-15(2,3)13-9-10-14(16-11-13)12-7-5-4-6-8-12;/h4-7,9-14H,15H2,1-3H3;4-7,9-11H,1-3H3;/q2*-1;. The normalized spacial score (nSPS) is 12.3. The minimum atomic E-state index is 0. The number of rotatable bonds is 2. The molecule has 0 saturated heterocycles. The van der Waals surface area contributed by atoms with Crippen molar-refractivity contribution in [2.75, 3.05) is 0 Å². The molecule has 4 aromatic carbocycles. The molecule has 0 atom stereocenters. The van der Waals surface area contributed by atoms with E-state index < -0.39 is 0 Å². The second kappa shape index (κ2) is 12.1. The van der Waals surface area contributed by atoms with Crippen LogP contribution in [0.4, 0.5) is 0 Å². The number of thiophene rings is 1. The van der Waals surface area contributed by atoms with Gasteiger partial charge in [-0.1, -0.05) is 83.3 Å². The molecule has 0 fully saturated rings. The van der Waals surface area contributed by atoms with E-state index in [1.54, 1.807) is 0 Å². The van der Waals surface area contributed by atoms with E-state index in [0.29, 0.717) is 0 Å². The van der Waals surface area contributed by atoms with Crippen molar-refractivity contribution in [3.63, 3.8) is 0 Å². The fourth-order valence-electron chi connectivity index (χ4n) is 6.86. The van der Waals surface area contributed by atoms with Crippen molar-refractivity contribution < 1.29 is 20.1 Å². The Morgan fingerprint density at radius 1 is 0.771 bits per heavy atom. The summed E-state index contributed by atoms with van der Waals surface area (Å²) in [5.74, 6) is 0. The van der Waals surface area contributed by atoms with Gasteiger partial charge in [-0.2, -0.15) is 0 Å². The van der Waals surface area contributed by atoms with Crippen LogP contribution in [-0.2, 0) is 31.9 Å². The first-order valence-electron chi connectivity index (χ1n) is 16.3. The van der Waals surface area contributed by atoms with Gasteiger partial charge in [-0.15, -0.1) is 70.8 Å². The molecule has 0 aliphatic carbocycles. The maximum Gasteiger partial charge on any atom is 0.0625 e. The van der Waals surface area contributed by atoms with Gasteiger partial charge in [-0.3, -0.25) is 0 Å². The summed E-state index contributed by atoms with van der Waals surface area (Å²) in [5.41, 5.74) is 9.93. The van der Waals surface area contributed by atoms with Gasteiger partial charge in [0.05, 0.1) is 5.52 Å². The van der Waals surface area contributed by atoms with Gasteiger partial charge in [0.15, 0.2) is 0 Å². The molecule has 0 bridgehead atoms. The van der Waals surface area contributed by atoms with Crippen LogP contribution in [0.25, 0.3) is 69.7 Å². The van der Waals surface area contributed by atoms with E-state index >= 15 is 0 Å². The second-order valence-electron chi connectivity index (χ2n) is 14.8. The number of aromatic nitrogens is 3. The fourth-order valence-corrected chi connectivity index (χ4v) is 8.07. The van der Waals surface area contributed by atoms with Crippen molar-refractivity contribution in [2.45, 2.75) is 53.4 Å². The van der Waals surface area contributed by atoms with E-state index in [2.05, 4.69) is 130 Å². The van der Waals surface area contributed by atoms with E-state index in [1.807, 2.05) is 48.0 Å². The van der Waals surface area contributed by atoms with Crippen molar-refractivity contribution >= 4 is 69.7 Å². The largest absolute Gasteiger partial charge is 0.350 e. The van der Waals surface area contributed by atoms with Crippen LogP contribution in [0.5, 0.6) is 0 Å². The van der Waals surface area contributed by atoms with Crippen LogP contribution in [0.3, 0.4) is 0 Å². The summed E-state index contributed by atoms with van der Waals surface area (Å²) >= 11 is 1.89. The van der Waals surface area contributed by atoms with Gasteiger partial charge in [0, 0.05) is 52.8 Å². The summed E-state index contributed by atoms with van der Waals surface area (Å²) in [6.07, 6.45) is 4.95. The Labute approximate surface area is 299 Å². The number of hydrogen-bond donors (Lipinski definition) is 0. The molecule has 241 valence electrons. The molecule has 9 aromatic rings. The van der Waals surface area contributed by atoms with Crippen LogP contribution in [0, 0.1) is 17.5 Å². The van der Waals surface area contributed by atoms with E-state index in [4.69, 9.17) is 4.98 Å². The number of benzene rings is 4. The monoisotopic (exact) mass is 820 g/mol. The third-order valence-corrected chi connectivity index (χ3v) is 10.2. The van der Waals surface area contributed by atoms with Crippen LogP contribution in [0.2, 0.25) is 0 Å². The molecule has 5 heterocycles. The minimum Gasteiger partial charge on any atom is -0.350 e.